The Labute approximate surface area is 154 Å². The molecule has 4 rings (SSSR count). The van der Waals surface area contributed by atoms with E-state index in [9.17, 15) is 9.59 Å². The number of likely N-dealkylation sites (tertiary alicyclic amines) is 1. The molecule has 1 aromatic rings. The van der Waals surface area contributed by atoms with Crippen LogP contribution in [0, 0.1) is 0 Å². The summed E-state index contributed by atoms with van der Waals surface area (Å²) in [7, 11) is 1.96. The molecule has 2 fully saturated rings. The molecule has 0 spiro atoms. The number of imidazole rings is 1. The lowest BCUT2D eigenvalue weighted by Gasteiger charge is -2.41. The minimum absolute atomic E-state index is 0.0638. The number of aromatic nitrogens is 2. The van der Waals surface area contributed by atoms with E-state index in [0.717, 1.165) is 31.5 Å². The van der Waals surface area contributed by atoms with Crippen LogP contribution >= 0.6 is 0 Å². The second kappa shape index (κ2) is 7.25. The molecule has 6 nitrogen and oxygen atoms in total. The molecule has 1 saturated heterocycles. The van der Waals surface area contributed by atoms with Crippen LogP contribution in [0.1, 0.15) is 69.7 Å². The molecule has 0 aromatic carbocycles. The maximum absolute atomic E-state index is 12.7. The summed E-state index contributed by atoms with van der Waals surface area (Å²) in [6, 6.07) is 0.0871. The average molecular weight is 356 g/mol. The summed E-state index contributed by atoms with van der Waals surface area (Å²) in [4.78, 5) is 31.8. The van der Waals surface area contributed by atoms with Crippen molar-refractivity contribution in [3.05, 3.63) is 29.9 Å². The third kappa shape index (κ3) is 3.55. The fourth-order valence-electron chi connectivity index (χ4n) is 4.35. The van der Waals surface area contributed by atoms with E-state index in [2.05, 4.69) is 16.4 Å². The number of carbonyl (C=O) groups is 2. The van der Waals surface area contributed by atoms with Gasteiger partial charge >= 0.3 is 0 Å². The van der Waals surface area contributed by atoms with Crippen LogP contribution in [0.5, 0.6) is 0 Å². The van der Waals surface area contributed by atoms with Gasteiger partial charge in [-0.05, 0) is 44.9 Å². The molecule has 140 valence electrons. The zero-order valence-electron chi connectivity index (χ0n) is 15.5. The molecule has 0 unspecified atom stereocenters. The number of aryl methyl sites for hydroxylation is 1. The van der Waals surface area contributed by atoms with Crippen LogP contribution in [0.4, 0.5) is 0 Å². The summed E-state index contributed by atoms with van der Waals surface area (Å²) >= 11 is 0. The van der Waals surface area contributed by atoms with Crippen LogP contribution in [0.2, 0.25) is 0 Å². The van der Waals surface area contributed by atoms with Gasteiger partial charge in [0.05, 0.1) is 6.04 Å². The Balaban J connectivity index is 1.53. The molecule has 1 saturated carbocycles. The topological polar surface area (TPSA) is 67.2 Å². The van der Waals surface area contributed by atoms with Gasteiger partial charge in [0.1, 0.15) is 11.9 Å². The third-order valence-corrected chi connectivity index (χ3v) is 5.82. The number of allylic oxidation sites excluding steroid dienone is 1. The minimum Gasteiger partial charge on any atom is -0.351 e. The summed E-state index contributed by atoms with van der Waals surface area (Å²) in [6.45, 7) is 0. The molecule has 2 atom stereocenters. The number of carbonyl (C=O) groups excluding carboxylic acids is 2. The normalized spacial score (nSPS) is 26.6. The predicted molar refractivity (Wildman–Crippen MR) is 98.1 cm³/mol. The number of nitrogens with zero attached hydrogens (tertiary/aromatic N) is 3. The van der Waals surface area contributed by atoms with E-state index in [1.165, 1.54) is 18.4 Å². The first-order chi connectivity index (χ1) is 12.6. The summed E-state index contributed by atoms with van der Waals surface area (Å²) < 4.78 is 1.97. The lowest BCUT2D eigenvalue weighted by Crippen LogP contribution is -2.53. The van der Waals surface area contributed by atoms with E-state index in [1.807, 2.05) is 22.7 Å². The van der Waals surface area contributed by atoms with Gasteiger partial charge in [0.2, 0.25) is 11.8 Å². The maximum atomic E-state index is 12.7. The molecule has 0 radical (unpaired) electrons. The van der Waals surface area contributed by atoms with E-state index in [0.29, 0.717) is 25.3 Å². The highest BCUT2D eigenvalue weighted by molar-refractivity contribution is 5.81. The standard InChI is InChI=1S/C20H28N4O2/c1-23-12-11-21-20(23)19-16(9-10-18(26)24(19)15-7-8-15)22-17(25)13-14-5-3-2-4-6-14/h5,11-12,15-16,19H,2-4,6-10,13H2,1H3,(H,22,25)/t16-,19-/m1/s1. The Bertz CT molecular complexity index is 719. The Kier molecular flexibility index (Phi) is 4.83. The first kappa shape index (κ1) is 17.3. The fourth-order valence-corrected chi connectivity index (χ4v) is 4.35. The average Bonchev–Trinajstić information content (AvgIpc) is 3.38. The number of piperidine rings is 1. The monoisotopic (exact) mass is 356 g/mol. The third-order valence-electron chi connectivity index (χ3n) is 5.82. The van der Waals surface area contributed by atoms with E-state index >= 15 is 0 Å². The predicted octanol–water partition coefficient (Wildman–Crippen LogP) is 2.62. The van der Waals surface area contributed by atoms with Crippen LogP contribution in [0.3, 0.4) is 0 Å². The molecule has 3 aliphatic rings. The number of nitrogens with one attached hydrogen (secondary N) is 1. The molecule has 1 aliphatic heterocycles. The van der Waals surface area contributed by atoms with Crippen molar-refractivity contribution in [1.29, 1.82) is 0 Å². The number of rotatable bonds is 5. The van der Waals surface area contributed by atoms with E-state index in [1.54, 1.807) is 6.20 Å². The quantitative estimate of drug-likeness (QED) is 0.825. The zero-order chi connectivity index (χ0) is 18.1. The smallest absolute Gasteiger partial charge is 0.224 e. The highest BCUT2D eigenvalue weighted by atomic mass is 16.2. The number of hydrogen-bond donors (Lipinski definition) is 1. The van der Waals surface area contributed by atoms with Crippen LogP contribution in [-0.4, -0.2) is 38.3 Å². The van der Waals surface area contributed by atoms with Crippen molar-refractivity contribution in [2.24, 2.45) is 7.05 Å². The summed E-state index contributed by atoms with van der Waals surface area (Å²) in [5.74, 6) is 1.14. The highest BCUT2D eigenvalue weighted by Crippen LogP contribution is 2.40. The summed E-state index contributed by atoms with van der Waals surface area (Å²) in [5, 5.41) is 3.24. The molecule has 0 bridgehead atoms. The largest absolute Gasteiger partial charge is 0.351 e. The van der Waals surface area contributed by atoms with Crippen molar-refractivity contribution in [3.8, 4) is 0 Å². The summed E-state index contributed by atoms with van der Waals surface area (Å²) in [5.41, 5.74) is 1.26. The molecule has 6 heteroatoms. The Morgan fingerprint density at radius 2 is 2.12 bits per heavy atom. The van der Waals surface area contributed by atoms with Gasteiger partial charge in [-0.3, -0.25) is 9.59 Å². The zero-order valence-corrected chi connectivity index (χ0v) is 15.5. The molecule has 2 heterocycles. The van der Waals surface area contributed by atoms with Crippen molar-refractivity contribution >= 4 is 11.8 Å². The van der Waals surface area contributed by atoms with Gasteiger partial charge in [0, 0.05) is 38.3 Å². The van der Waals surface area contributed by atoms with Crippen molar-refractivity contribution in [1.82, 2.24) is 19.8 Å². The van der Waals surface area contributed by atoms with Gasteiger partial charge in [-0.25, -0.2) is 4.98 Å². The van der Waals surface area contributed by atoms with Gasteiger partial charge < -0.3 is 14.8 Å². The molecule has 2 amide bonds. The fraction of sp³-hybridized carbons (Fsp3) is 0.650. The molecule has 2 aliphatic carbocycles. The maximum Gasteiger partial charge on any atom is 0.224 e. The van der Waals surface area contributed by atoms with E-state index in [-0.39, 0.29) is 23.9 Å². The van der Waals surface area contributed by atoms with Gasteiger partial charge in [-0.2, -0.15) is 0 Å². The first-order valence-electron chi connectivity index (χ1n) is 9.89. The second-order valence-electron chi connectivity index (χ2n) is 7.87. The molecule has 26 heavy (non-hydrogen) atoms. The second-order valence-corrected chi connectivity index (χ2v) is 7.87. The van der Waals surface area contributed by atoms with Gasteiger partial charge in [0.25, 0.3) is 0 Å². The van der Waals surface area contributed by atoms with Crippen LogP contribution < -0.4 is 5.32 Å². The Hall–Kier alpha value is -2.11. The van der Waals surface area contributed by atoms with Crippen molar-refractivity contribution in [3.63, 3.8) is 0 Å². The number of amides is 2. The van der Waals surface area contributed by atoms with Gasteiger partial charge in [-0.1, -0.05) is 11.6 Å². The Morgan fingerprint density at radius 1 is 1.27 bits per heavy atom. The van der Waals surface area contributed by atoms with Crippen LogP contribution in [0.15, 0.2) is 24.0 Å². The van der Waals surface area contributed by atoms with E-state index < -0.39 is 0 Å². The highest BCUT2D eigenvalue weighted by Gasteiger charge is 2.46. The van der Waals surface area contributed by atoms with Gasteiger partial charge in [-0.15, -0.1) is 0 Å². The van der Waals surface area contributed by atoms with Crippen LogP contribution in [-0.2, 0) is 16.6 Å². The minimum atomic E-state index is -0.159. The SMILES string of the molecule is Cn1ccnc1[C@H]1[C@H](NC(=O)CC2=CCCCC2)CCC(=O)N1C1CC1. The molecular weight excluding hydrogens is 328 g/mol. The van der Waals surface area contributed by atoms with Crippen molar-refractivity contribution < 1.29 is 9.59 Å². The van der Waals surface area contributed by atoms with Crippen LogP contribution in [0.25, 0.3) is 0 Å². The molecule has 1 aromatic heterocycles. The van der Waals surface area contributed by atoms with Gasteiger partial charge in [0.15, 0.2) is 0 Å². The van der Waals surface area contributed by atoms with E-state index in [4.69, 9.17) is 0 Å². The number of hydrogen-bond acceptors (Lipinski definition) is 3. The van der Waals surface area contributed by atoms with Crippen molar-refractivity contribution in [2.75, 3.05) is 0 Å². The molecule has 1 N–H and O–H groups in total. The van der Waals surface area contributed by atoms with Crippen molar-refractivity contribution in [2.45, 2.75) is 75.9 Å². The first-order valence-corrected chi connectivity index (χ1v) is 9.89. The lowest BCUT2D eigenvalue weighted by molar-refractivity contribution is -0.140. The molecular formula is C20H28N4O2. The lowest BCUT2D eigenvalue weighted by atomic mass is 9.93. The Morgan fingerprint density at radius 3 is 2.77 bits per heavy atom. The summed E-state index contributed by atoms with van der Waals surface area (Å²) in [6.07, 6.45) is 14.2.